The first-order chi connectivity index (χ1) is 38.1. The standard InChI is InChI=1S/C77H77BN2/c1-72(2,3)53-33-37-58(38-34-53)79-68-45-50(44-62-59-39-35-56(74(7,8)9)47-63(59)77(54-27-18-15-19-28-54)43-42-52-26-20-21-29-61(52)76(62,77)13)32-40-65(68)78-64-30-22-23-31-67(64)80(70-49-57(75(10,11)12)48-69(79)71(70)78)66-41-36-55(73(4,5)6)46-60(66)51-24-16-14-17-25-51/h14-41,44-49H,42-43H2,1-13H3/b62-44+. The molecule has 9 aromatic rings. The van der Waals surface area contributed by atoms with Gasteiger partial charge < -0.3 is 9.80 Å². The molecule has 398 valence electrons. The summed E-state index contributed by atoms with van der Waals surface area (Å²) in [6.07, 6.45) is 4.66. The van der Waals surface area contributed by atoms with Crippen LogP contribution in [0.25, 0.3) is 22.8 Å². The van der Waals surface area contributed by atoms with Crippen molar-refractivity contribution >= 4 is 68.9 Å². The minimum atomic E-state index is -0.362. The van der Waals surface area contributed by atoms with Gasteiger partial charge in [0.1, 0.15) is 0 Å². The highest BCUT2D eigenvalue weighted by Gasteiger charge is 2.61. The van der Waals surface area contributed by atoms with Crippen LogP contribution in [0.1, 0.15) is 152 Å². The van der Waals surface area contributed by atoms with Crippen LogP contribution < -0.4 is 26.2 Å². The van der Waals surface area contributed by atoms with Crippen molar-refractivity contribution in [2.45, 2.75) is 135 Å². The number of allylic oxidation sites excluding steroid dienone is 1. The Bertz CT molecular complexity index is 3950. The van der Waals surface area contributed by atoms with Gasteiger partial charge in [-0.1, -0.05) is 248 Å². The lowest BCUT2D eigenvalue weighted by Gasteiger charge is -2.50. The van der Waals surface area contributed by atoms with Crippen LogP contribution in [-0.4, -0.2) is 6.71 Å². The molecular formula is C77H77BN2. The number of anilines is 6. The summed E-state index contributed by atoms with van der Waals surface area (Å²) < 4.78 is 0. The number of nitrogens with zero attached hydrogens (tertiary/aromatic N) is 2. The minimum absolute atomic E-state index is 0.00531. The lowest BCUT2D eigenvalue weighted by molar-refractivity contribution is 0.325. The normalized spacial score (nSPS) is 18.8. The molecule has 2 aliphatic heterocycles. The zero-order chi connectivity index (χ0) is 55.9. The van der Waals surface area contributed by atoms with Crippen molar-refractivity contribution in [2.24, 2.45) is 0 Å². The SMILES string of the molecule is CC(C)(C)c1ccc(N2c3cc(/C=C4\c5ccc(C(C)(C)C)cc5C5(c6ccccc6)CCc6ccccc6C45C)ccc3B3c4ccccc4N(c4ccc(C(C)(C)C)cc4-c4ccccc4)c4cc(C(C)(C)C)cc2c43)cc1. The Balaban J connectivity index is 1.09. The predicted octanol–water partition coefficient (Wildman–Crippen LogP) is 18.4. The molecule has 2 heterocycles. The number of para-hydroxylation sites is 1. The van der Waals surface area contributed by atoms with E-state index in [-0.39, 0.29) is 39.2 Å². The Morgan fingerprint density at radius 1 is 0.425 bits per heavy atom. The number of benzene rings is 9. The van der Waals surface area contributed by atoms with Gasteiger partial charge in [0.2, 0.25) is 0 Å². The van der Waals surface area contributed by atoms with Gasteiger partial charge in [0.05, 0.1) is 5.69 Å². The molecule has 2 unspecified atom stereocenters. The fourth-order valence-electron chi connectivity index (χ4n) is 14.6. The Labute approximate surface area is 478 Å². The van der Waals surface area contributed by atoms with Gasteiger partial charge in [0.15, 0.2) is 0 Å². The van der Waals surface area contributed by atoms with Crippen LogP contribution in [0, 0.1) is 0 Å². The van der Waals surface area contributed by atoms with Gasteiger partial charge in [-0.05, 0) is 166 Å². The topological polar surface area (TPSA) is 6.48 Å². The van der Waals surface area contributed by atoms with Gasteiger partial charge in [0, 0.05) is 44.8 Å². The monoisotopic (exact) mass is 1040 g/mol. The molecule has 0 aromatic heterocycles. The van der Waals surface area contributed by atoms with Crippen molar-refractivity contribution in [2.75, 3.05) is 9.80 Å². The molecule has 2 aliphatic carbocycles. The maximum absolute atomic E-state index is 2.63. The van der Waals surface area contributed by atoms with E-state index < -0.39 is 0 Å². The van der Waals surface area contributed by atoms with Gasteiger partial charge in [-0.15, -0.1) is 0 Å². The average Bonchev–Trinajstić information content (AvgIpc) is 3.89. The third-order valence-electron chi connectivity index (χ3n) is 19.0. The summed E-state index contributed by atoms with van der Waals surface area (Å²) in [7, 11) is 0. The highest BCUT2D eigenvalue weighted by Crippen LogP contribution is 2.67. The molecule has 3 heteroatoms. The minimum Gasteiger partial charge on any atom is -0.311 e. The first kappa shape index (κ1) is 51.8. The molecule has 0 amide bonds. The molecular weight excluding hydrogens is 964 g/mol. The number of hydrogen-bond donors (Lipinski definition) is 0. The van der Waals surface area contributed by atoms with Gasteiger partial charge in [-0.2, -0.15) is 0 Å². The van der Waals surface area contributed by atoms with E-state index in [1.807, 2.05) is 0 Å². The van der Waals surface area contributed by atoms with Crippen molar-refractivity contribution < 1.29 is 0 Å². The van der Waals surface area contributed by atoms with Crippen molar-refractivity contribution in [3.8, 4) is 11.1 Å². The van der Waals surface area contributed by atoms with Crippen molar-refractivity contribution in [3.63, 3.8) is 0 Å². The first-order valence-electron chi connectivity index (χ1n) is 29.4. The maximum atomic E-state index is 2.63. The summed E-state index contributed by atoms with van der Waals surface area (Å²) in [5, 5.41) is 0. The van der Waals surface area contributed by atoms with Crippen LogP contribution in [0.15, 0.2) is 200 Å². The van der Waals surface area contributed by atoms with Gasteiger partial charge in [-0.3, -0.25) is 0 Å². The van der Waals surface area contributed by atoms with Gasteiger partial charge in [-0.25, -0.2) is 0 Å². The molecule has 4 aliphatic rings. The second-order valence-electron chi connectivity index (χ2n) is 27.9. The van der Waals surface area contributed by atoms with Crippen LogP contribution in [0.5, 0.6) is 0 Å². The zero-order valence-corrected chi connectivity index (χ0v) is 49.5. The fraction of sp³-hybridized carbons (Fsp3) is 0.273. The molecule has 80 heavy (non-hydrogen) atoms. The van der Waals surface area contributed by atoms with Crippen molar-refractivity contribution in [1.29, 1.82) is 0 Å². The van der Waals surface area contributed by atoms with E-state index in [0.29, 0.717) is 0 Å². The molecule has 0 radical (unpaired) electrons. The van der Waals surface area contributed by atoms with Crippen LogP contribution in [0.4, 0.5) is 34.1 Å². The fourth-order valence-corrected chi connectivity index (χ4v) is 14.6. The molecule has 0 bridgehead atoms. The second-order valence-corrected chi connectivity index (χ2v) is 27.9. The molecule has 0 saturated heterocycles. The smallest absolute Gasteiger partial charge is 0.252 e. The quantitative estimate of drug-likeness (QED) is 0.159. The largest absolute Gasteiger partial charge is 0.311 e. The van der Waals surface area contributed by atoms with Gasteiger partial charge in [0.25, 0.3) is 6.71 Å². The van der Waals surface area contributed by atoms with Gasteiger partial charge >= 0.3 is 0 Å². The third-order valence-corrected chi connectivity index (χ3v) is 19.0. The van der Waals surface area contributed by atoms with Crippen LogP contribution in [0.3, 0.4) is 0 Å². The molecule has 13 rings (SSSR count). The average molecular weight is 1040 g/mol. The highest BCUT2D eigenvalue weighted by atomic mass is 15.2. The Hall–Kier alpha value is -7.62. The highest BCUT2D eigenvalue weighted by molar-refractivity contribution is 7.00. The second kappa shape index (κ2) is 18.2. The Morgan fingerprint density at radius 3 is 1.69 bits per heavy atom. The van der Waals surface area contributed by atoms with Crippen molar-refractivity contribution in [3.05, 3.63) is 256 Å². The maximum Gasteiger partial charge on any atom is 0.252 e. The van der Waals surface area contributed by atoms with Crippen LogP contribution in [-0.2, 0) is 38.9 Å². The predicted molar refractivity (Wildman–Crippen MR) is 344 cm³/mol. The molecule has 0 N–H and O–H groups in total. The zero-order valence-electron chi connectivity index (χ0n) is 49.5. The third kappa shape index (κ3) is 7.96. The van der Waals surface area contributed by atoms with Crippen molar-refractivity contribution in [1.82, 2.24) is 0 Å². The molecule has 2 nitrogen and oxygen atoms in total. The molecule has 9 aromatic carbocycles. The van der Waals surface area contributed by atoms with E-state index in [9.17, 15) is 0 Å². The Morgan fingerprint density at radius 2 is 1.00 bits per heavy atom. The van der Waals surface area contributed by atoms with E-state index in [4.69, 9.17) is 0 Å². The van der Waals surface area contributed by atoms with E-state index in [2.05, 4.69) is 306 Å². The first-order valence-corrected chi connectivity index (χ1v) is 29.4. The summed E-state index contributed by atoms with van der Waals surface area (Å²) in [6, 6.07) is 78.0. The van der Waals surface area contributed by atoms with E-state index >= 15 is 0 Å². The summed E-state index contributed by atoms with van der Waals surface area (Å²) >= 11 is 0. The molecule has 0 spiro atoms. The van der Waals surface area contributed by atoms with E-state index in [1.54, 1.807) is 0 Å². The van der Waals surface area contributed by atoms with Crippen LogP contribution >= 0.6 is 0 Å². The number of fused-ring (bicyclic) bond motifs is 9. The lowest BCUT2D eigenvalue weighted by atomic mass is 9.33. The van der Waals surface area contributed by atoms with E-state index in [0.717, 1.165) is 18.5 Å². The summed E-state index contributed by atoms with van der Waals surface area (Å²) in [6.45, 7) is 30.7. The summed E-state index contributed by atoms with van der Waals surface area (Å²) in [5.41, 5.74) is 27.9. The number of aryl methyl sites for hydroxylation is 1. The van der Waals surface area contributed by atoms with E-state index in [1.165, 1.54) is 117 Å². The lowest BCUT2D eigenvalue weighted by Crippen LogP contribution is -2.61. The molecule has 0 fully saturated rings. The number of hydrogen-bond acceptors (Lipinski definition) is 2. The molecule has 0 saturated carbocycles. The summed E-state index contributed by atoms with van der Waals surface area (Å²) in [4.78, 5) is 5.25. The molecule has 2 atom stereocenters. The summed E-state index contributed by atoms with van der Waals surface area (Å²) in [5.74, 6) is 0. The number of rotatable bonds is 5. The van der Waals surface area contributed by atoms with Crippen LogP contribution in [0.2, 0.25) is 0 Å². The Kier molecular flexibility index (Phi) is 11.8.